The average molecular weight is 658 g/mol. The molecule has 0 unspecified atom stereocenters. The minimum absolute atomic E-state index is 0.0290. The molecule has 0 spiro atoms. The smallest absolute Gasteiger partial charge is 0.379 e. The lowest BCUT2D eigenvalue weighted by molar-refractivity contribution is -0.140. The van der Waals surface area contributed by atoms with E-state index in [0.29, 0.717) is 73.4 Å². The van der Waals surface area contributed by atoms with Crippen LogP contribution in [0.15, 0.2) is 46.8 Å². The maximum atomic E-state index is 13.6. The van der Waals surface area contributed by atoms with Gasteiger partial charge < -0.3 is 19.9 Å². The molecule has 1 saturated heterocycles. The Balaban J connectivity index is 1.52. The minimum Gasteiger partial charge on any atom is -0.379 e. The second-order valence-electron chi connectivity index (χ2n) is 10.6. The van der Waals surface area contributed by atoms with Crippen molar-refractivity contribution in [2.45, 2.75) is 33.0 Å². The fraction of sp³-hybridized carbons (Fsp3) is 0.387. The maximum Gasteiger partial charge on any atom is 0.434 e. The van der Waals surface area contributed by atoms with Gasteiger partial charge in [-0.2, -0.15) is 13.2 Å². The topological polar surface area (TPSA) is 130 Å². The number of amides is 3. The lowest BCUT2D eigenvalue weighted by atomic mass is 9.99. The summed E-state index contributed by atoms with van der Waals surface area (Å²) < 4.78 is 47.5. The van der Waals surface area contributed by atoms with Gasteiger partial charge in [0.15, 0.2) is 5.69 Å². The molecule has 1 fully saturated rings. The Kier molecular flexibility index (Phi) is 10.3. The molecule has 0 atom stereocenters. The number of alkyl halides is 3. The van der Waals surface area contributed by atoms with Gasteiger partial charge in [-0.15, -0.1) is 11.3 Å². The summed E-state index contributed by atoms with van der Waals surface area (Å²) in [6, 6.07) is 5.98. The molecule has 1 aliphatic rings. The number of urea groups is 1. The number of hydrogen-bond acceptors (Lipinski definition) is 8. The summed E-state index contributed by atoms with van der Waals surface area (Å²) in [5.74, 6) is -0.332. The van der Waals surface area contributed by atoms with E-state index in [1.807, 2.05) is 11.5 Å². The molecule has 15 heteroatoms. The molecule has 244 valence electrons. The number of nitrogens with zero attached hydrogens (tertiary/aromatic N) is 4. The van der Waals surface area contributed by atoms with E-state index in [-0.39, 0.29) is 16.4 Å². The summed E-state index contributed by atoms with van der Waals surface area (Å²) >= 11 is 0.818. The molecular weight excluding hydrogens is 623 g/mol. The molecular formula is C31H34F3N7O4S. The summed E-state index contributed by atoms with van der Waals surface area (Å²) in [5, 5.41) is 9.37. The van der Waals surface area contributed by atoms with Gasteiger partial charge in [0.2, 0.25) is 5.43 Å². The lowest BCUT2D eigenvalue weighted by Gasteiger charge is -2.26. The van der Waals surface area contributed by atoms with Crippen LogP contribution in [0.25, 0.3) is 32.6 Å². The van der Waals surface area contributed by atoms with E-state index < -0.39 is 29.2 Å². The molecule has 46 heavy (non-hydrogen) atoms. The number of carbonyl (C=O) groups is 2. The number of aromatic nitrogens is 3. The molecule has 4 heterocycles. The lowest BCUT2D eigenvalue weighted by Crippen LogP contribution is -2.42. The number of aryl methyl sites for hydroxylation is 1. The van der Waals surface area contributed by atoms with Gasteiger partial charge in [-0.1, -0.05) is 13.0 Å². The minimum atomic E-state index is -4.63. The van der Waals surface area contributed by atoms with Crippen LogP contribution in [0, 0.1) is 0 Å². The van der Waals surface area contributed by atoms with Crippen molar-refractivity contribution >= 4 is 40.0 Å². The molecule has 11 nitrogen and oxygen atoms in total. The van der Waals surface area contributed by atoms with Crippen LogP contribution in [-0.4, -0.2) is 77.3 Å². The van der Waals surface area contributed by atoms with Crippen molar-refractivity contribution < 1.29 is 27.5 Å². The molecule has 0 aliphatic carbocycles. The number of morpholine rings is 1. The fourth-order valence-electron chi connectivity index (χ4n) is 5.17. The second-order valence-corrected chi connectivity index (χ2v) is 11.5. The number of benzene rings is 1. The van der Waals surface area contributed by atoms with Gasteiger partial charge in [-0.25, -0.2) is 14.8 Å². The maximum absolute atomic E-state index is 13.6. The van der Waals surface area contributed by atoms with Crippen LogP contribution in [0.5, 0.6) is 0 Å². The molecule has 3 N–H and O–H groups in total. The highest BCUT2D eigenvalue weighted by atomic mass is 32.1. The van der Waals surface area contributed by atoms with Crippen molar-refractivity contribution in [1.29, 1.82) is 0 Å². The quantitative estimate of drug-likeness (QED) is 0.223. The van der Waals surface area contributed by atoms with E-state index in [0.717, 1.165) is 29.8 Å². The Morgan fingerprint density at radius 2 is 1.85 bits per heavy atom. The van der Waals surface area contributed by atoms with Crippen LogP contribution < -0.4 is 21.4 Å². The fourth-order valence-corrected chi connectivity index (χ4v) is 6.03. The molecule has 0 radical (unpaired) electrons. The first-order valence-electron chi connectivity index (χ1n) is 14.9. The molecule has 0 bridgehead atoms. The van der Waals surface area contributed by atoms with Crippen LogP contribution in [0.2, 0.25) is 0 Å². The van der Waals surface area contributed by atoms with E-state index in [9.17, 15) is 27.6 Å². The number of ether oxygens (including phenoxy) is 1. The molecule has 1 aromatic carbocycles. The van der Waals surface area contributed by atoms with E-state index in [1.54, 1.807) is 31.3 Å². The highest BCUT2D eigenvalue weighted by Gasteiger charge is 2.34. The highest BCUT2D eigenvalue weighted by Crippen LogP contribution is 2.39. The zero-order chi connectivity index (χ0) is 32.8. The van der Waals surface area contributed by atoms with E-state index in [4.69, 9.17) is 4.74 Å². The highest BCUT2D eigenvalue weighted by molar-refractivity contribution is 7.13. The number of fused-ring (bicyclic) bond motifs is 1. The number of carbonyl (C=O) groups excluding carboxylic acids is 2. The van der Waals surface area contributed by atoms with Gasteiger partial charge in [-0.3, -0.25) is 19.8 Å². The Morgan fingerprint density at radius 3 is 2.54 bits per heavy atom. The molecule has 3 amide bonds. The number of anilines is 1. The van der Waals surface area contributed by atoms with Crippen molar-refractivity contribution in [3.63, 3.8) is 0 Å². The van der Waals surface area contributed by atoms with Crippen LogP contribution in [0.3, 0.4) is 0 Å². The normalized spacial score (nSPS) is 13.9. The van der Waals surface area contributed by atoms with Gasteiger partial charge in [-0.05, 0) is 37.1 Å². The number of hydrogen-bond donors (Lipinski definition) is 3. The van der Waals surface area contributed by atoms with Crippen LogP contribution >= 0.6 is 11.3 Å². The predicted octanol–water partition coefficient (Wildman–Crippen LogP) is 4.82. The zero-order valence-corrected chi connectivity index (χ0v) is 26.2. The first kappa shape index (κ1) is 33.0. The van der Waals surface area contributed by atoms with Crippen molar-refractivity contribution in [1.82, 2.24) is 30.1 Å². The summed E-state index contributed by atoms with van der Waals surface area (Å²) in [6.45, 7) is 8.49. The zero-order valence-electron chi connectivity index (χ0n) is 25.4. The standard InChI is InChI=1S/C31H34F3N7O4S/c1-3-8-41-17-23(28(43)36-7-9-40-10-12-45-13-11-40)27(42)20-6-5-19(14-24(20)41)22-16-37-26(39-30(44)35-4-2)15-21(22)29-38-25(18-46-29)31(32,33)34/h5-6,14-18H,3-4,7-13H2,1-2H3,(H,36,43)(H2,35,37,39,44). The molecule has 5 rings (SSSR count). The largest absolute Gasteiger partial charge is 0.434 e. The van der Waals surface area contributed by atoms with E-state index in [1.165, 1.54) is 12.3 Å². The van der Waals surface area contributed by atoms with Gasteiger partial charge >= 0.3 is 12.2 Å². The average Bonchev–Trinajstić information content (AvgIpc) is 3.54. The molecule has 1 aliphatic heterocycles. The van der Waals surface area contributed by atoms with Gasteiger partial charge in [0.05, 0.1) is 18.7 Å². The number of rotatable bonds is 10. The number of thiazole rings is 1. The third kappa shape index (κ3) is 7.54. The Bertz CT molecular complexity index is 1780. The Hall–Kier alpha value is -4.34. The Labute approximate surface area is 266 Å². The summed E-state index contributed by atoms with van der Waals surface area (Å²) in [7, 11) is 0. The summed E-state index contributed by atoms with van der Waals surface area (Å²) in [6.07, 6.45) is -0.912. The second kappa shape index (κ2) is 14.4. The SMILES string of the molecule is CCCn1cc(C(=O)NCCN2CCOCC2)c(=O)c2ccc(-c3cnc(NC(=O)NCC)cc3-c3nc(C(F)(F)F)cs3)cc21. The van der Waals surface area contributed by atoms with E-state index >= 15 is 0 Å². The van der Waals surface area contributed by atoms with Crippen LogP contribution in [0.4, 0.5) is 23.8 Å². The molecule has 3 aromatic heterocycles. The first-order valence-corrected chi connectivity index (χ1v) is 15.8. The molecule has 4 aromatic rings. The van der Waals surface area contributed by atoms with Crippen LogP contribution in [-0.2, 0) is 17.5 Å². The number of nitrogens with one attached hydrogen (secondary N) is 3. The van der Waals surface area contributed by atoms with E-state index in [2.05, 4.69) is 30.8 Å². The number of halogens is 3. The third-order valence-electron chi connectivity index (χ3n) is 7.43. The van der Waals surface area contributed by atoms with Crippen molar-refractivity contribution in [3.05, 3.63) is 63.5 Å². The predicted molar refractivity (Wildman–Crippen MR) is 170 cm³/mol. The summed E-state index contributed by atoms with van der Waals surface area (Å²) in [4.78, 5) is 49.2. The van der Waals surface area contributed by atoms with Crippen molar-refractivity contribution in [3.8, 4) is 21.7 Å². The van der Waals surface area contributed by atoms with Crippen molar-refractivity contribution in [2.75, 3.05) is 51.3 Å². The summed E-state index contributed by atoms with van der Waals surface area (Å²) in [5.41, 5.74) is 0.470. The monoisotopic (exact) mass is 657 g/mol. The first-order chi connectivity index (χ1) is 22.1. The van der Waals surface area contributed by atoms with Crippen LogP contribution in [0.1, 0.15) is 36.3 Å². The molecule has 0 saturated carbocycles. The van der Waals surface area contributed by atoms with Crippen molar-refractivity contribution in [2.24, 2.45) is 0 Å². The van der Waals surface area contributed by atoms with Gasteiger partial charge in [0.1, 0.15) is 16.4 Å². The van der Waals surface area contributed by atoms with Gasteiger partial charge in [0.25, 0.3) is 5.91 Å². The number of pyridine rings is 2. The third-order valence-corrected chi connectivity index (χ3v) is 8.30. The Morgan fingerprint density at radius 1 is 1.07 bits per heavy atom. The van der Waals surface area contributed by atoms with Gasteiger partial charge in [0, 0.05) is 73.6 Å².